The van der Waals surface area contributed by atoms with E-state index in [1.807, 2.05) is 0 Å². The molecule has 3 heterocycles. The van der Waals surface area contributed by atoms with Crippen LogP contribution in [0.5, 0.6) is 0 Å². The maximum atomic E-state index is 13.1. The van der Waals surface area contributed by atoms with E-state index in [0.29, 0.717) is 30.0 Å². The number of nitrogens with zero attached hydrogens (tertiary/aromatic N) is 2. The van der Waals surface area contributed by atoms with Crippen LogP contribution >= 0.6 is 0 Å². The summed E-state index contributed by atoms with van der Waals surface area (Å²) < 4.78 is 44.2. The fourth-order valence-electron chi connectivity index (χ4n) is 4.28. The van der Waals surface area contributed by atoms with Gasteiger partial charge in [0.1, 0.15) is 0 Å². The van der Waals surface area contributed by atoms with Crippen LogP contribution in [0.2, 0.25) is 0 Å². The lowest BCUT2D eigenvalue weighted by atomic mass is 9.95. The monoisotopic (exact) mass is 466 g/mol. The smallest absolute Gasteiger partial charge is 0.376 e. The Labute approximate surface area is 188 Å². The standard InChI is InChI=1S/C22H25F3N4O4/c1-28-16-12-29(9-8-17(30)26-11-15-3-2-10-33-15)20(31)18(16)19(27-21(28)32)13-4-6-14(7-5-13)22(23,24)25/h4-7,15,19H,2-3,8-12H2,1H3,(H,26,30)(H,27,32)/t15-,19-/m0/s1. The second-order valence-corrected chi connectivity index (χ2v) is 8.34. The average molecular weight is 466 g/mol. The molecule has 1 aromatic rings. The van der Waals surface area contributed by atoms with Gasteiger partial charge in [-0.1, -0.05) is 12.1 Å². The molecule has 0 aromatic heterocycles. The van der Waals surface area contributed by atoms with Gasteiger partial charge in [0.05, 0.1) is 35.5 Å². The summed E-state index contributed by atoms with van der Waals surface area (Å²) in [6.45, 7) is 1.43. The third-order valence-electron chi connectivity index (χ3n) is 6.17. The van der Waals surface area contributed by atoms with Gasteiger partial charge in [-0.2, -0.15) is 13.2 Å². The first kappa shape index (κ1) is 23.1. The summed E-state index contributed by atoms with van der Waals surface area (Å²) in [4.78, 5) is 40.6. The highest BCUT2D eigenvalue weighted by Gasteiger charge is 2.43. The van der Waals surface area contributed by atoms with Gasteiger partial charge < -0.3 is 20.3 Å². The van der Waals surface area contributed by atoms with E-state index in [-0.39, 0.29) is 37.4 Å². The van der Waals surface area contributed by atoms with Crippen molar-refractivity contribution in [2.45, 2.75) is 37.6 Å². The number of carbonyl (C=O) groups excluding carboxylic acids is 3. The Morgan fingerprint density at radius 2 is 1.97 bits per heavy atom. The first-order valence-electron chi connectivity index (χ1n) is 10.8. The second-order valence-electron chi connectivity index (χ2n) is 8.34. The van der Waals surface area contributed by atoms with Gasteiger partial charge in [-0.15, -0.1) is 0 Å². The number of hydrogen-bond acceptors (Lipinski definition) is 4. The van der Waals surface area contributed by atoms with E-state index in [0.717, 1.165) is 25.0 Å². The number of benzene rings is 1. The van der Waals surface area contributed by atoms with Crippen LogP contribution in [-0.2, 0) is 20.5 Å². The summed E-state index contributed by atoms with van der Waals surface area (Å²) in [5.41, 5.74) is 0.347. The van der Waals surface area contributed by atoms with Gasteiger partial charge in [0, 0.05) is 33.2 Å². The molecule has 1 fully saturated rings. The van der Waals surface area contributed by atoms with Crippen LogP contribution in [0.15, 0.2) is 35.5 Å². The van der Waals surface area contributed by atoms with Crippen LogP contribution in [0.4, 0.5) is 18.0 Å². The van der Waals surface area contributed by atoms with E-state index in [1.165, 1.54) is 29.0 Å². The average Bonchev–Trinajstić information content (AvgIpc) is 3.41. The third kappa shape index (κ3) is 4.82. The predicted octanol–water partition coefficient (Wildman–Crippen LogP) is 2.18. The lowest BCUT2D eigenvalue weighted by Crippen LogP contribution is -2.45. The van der Waals surface area contributed by atoms with Crippen molar-refractivity contribution in [3.05, 3.63) is 46.7 Å². The van der Waals surface area contributed by atoms with E-state index in [1.54, 1.807) is 0 Å². The molecule has 8 nitrogen and oxygen atoms in total. The zero-order valence-corrected chi connectivity index (χ0v) is 18.1. The van der Waals surface area contributed by atoms with E-state index < -0.39 is 23.8 Å². The van der Waals surface area contributed by atoms with Gasteiger partial charge in [-0.05, 0) is 30.5 Å². The lowest BCUT2D eigenvalue weighted by molar-refractivity contribution is -0.137. The SMILES string of the molecule is CN1C(=O)N[C@@H](c2ccc(C(F)(F)F)cc2)C2=C1CN(CCC(=O)NC[C@@H]1CCCO1)C2=O. The summed E-state index contributed by atoms with van der Waals surface area (Å²) in [6.07, 6.45) is -2.49. The number of hydrogen-bond donors (Lipinski definition) is 2. The molecule has 33 heavy (non-hydrogen) atoms. The molecule has 178 valence electrons. The van der Waals surface area contributed by atoms with Crippen LogP contribution in [0.3, 0.4) is 0 Å². The Balaban J connectivity index is 1.44. The molecule has 0 bridgehead atoms. The number of amides is 4. The van der Waals surface area contributed by atoms with Crippen molar-refractivity contribution in [1.29, 1.82) is 0 Å². The van der Waals surface area contributed by atoms with Crippen molar-refractivity contribution >= 4 is 17.8 Å². The Bertz CT molecular complexity index is 971. The second kappa shape index (κ2) is 9.05. The van der Waals surface area contributed by atoms with Crippen LogP contribution in [0, 0.1) is 0 Å². The van der Waals surface area contributed by atoms with Gasteiger partial charge in [-0.3, -0.25) is 14.5 Å². The molecule has 4 rings (SSSR count). The molecule has 0 spiro atoms. The number of alkyl halides is 3. The number of ether oxygens (including phenoxy) is 1. The van der Waals surface area contributed by atoms with Crippen LogP contribution in [0.1, 0.15) is 36.4 Å². The molecular weight excluding hydrogens is 441 g/mol. The topological polar surface area (TPSA) is 91.0 Å². The number of rotatable bonds is 6. The number of nitrogens with one attached hydrogen (secondary N) is 2. The molecule has 11 heteroatoms. The van der Waals surface area contributed by atoms with Crippen molar-refractivity contribution < 1.29 is 32.3 Å². The lowest BCUT2D eigenvalue weighted by Gasteiger charge is -2.31. The van der Waals surface area contributed by atoms with Crippen molar-refractivity contribution in [1.82, 2.24) is 20.4 Å². The molecule has 1 saturated heterocycles. The number of carbonyl (C=O) groups is 3. The fourth-order valence-corrected chi connectivity index (χ4v) is 4.28. The molecule has 0 aliphatic carbocycles. The Kier molecular flexibility index (Phi) is 6.33. The summed E-state index contributed by atoms with van der Waals surface area (Å²) in [5.74, 6) is -0.557. The molecule has 1 aromatic carbocycles. The molecule has 0 unspecified atom stereocenters. The van der Waals surface area contributed by atoms with E-state index in [4.69, 9.17) is 4.74 Å². The Morgan fingerprint density at radius 1 is 1.24 bits per heavy atom. The molecule has 2 atom stereocenters. The molecule has 4 amide bonds. The first-order valence-corrected chi connectivity index (χ1v) is 10.8. The van der Waals surface area contributed by atoms with Gasteiger partial charge >= 0.3 is 12.2 Å². The molecule has 3 aliphatic heterocycles. The first-order chi connectivity index (χ1) is 15.6. The number of likely N-dealkylation sites (N-methyl/N-ethyl adjacent to an activating group) is 1. The van der Waals surface area contributed by atoms with Crippen molar-refractivity contribution in [2.24, 2.45) is 0 Å². The van der Waals surface area contributed by atoms with Crippen LogP contribution in [-0.4, -0.2) is 67.0 Å². The minimum absolute atomic E-state index is 0.0200. The Hall–Kier alpha value is -3.08. The maximum Gasteiger partial charge on any atom is 0.416 e. The maximum absolute atomic E-state index is 13.1. The minimum atomic E-state index is -4.48. The molecule has 2 N–H and O–H groups in total. The van der Waals surface area contributed by atoms with E-state index in [9.17, 15) is 27.6 Å². The van der Waals surface area contributed by atoms with Crippen LogP contribution < -0.4 is 10.6 Å². The fraction of sp³-hybridized carbons (Fsp3) is 0.500. The normalized spacial score (nSPS) is 23.2. The number of urea groups is 1. The van der Waals surface area contributed by atoms with Crippen molar-refractivity contribution in [3.63, 3.8) is 0 Å². The van der Waals surface area contributed by atoms with Crippen molar-refractivity contribution in [2.75, 3.05) is 33.3 Å². The van der Waals surface area contributed by atoms with Gasteiger partial charge in [0.2, 0.25) is 5.91 Å². The highest BCUT2D eigenvalue weighted by molar-refractivity contribution is 6.01. The van der Waals surface area contributed by atoms with Gasteiger partial charge in [0.15, 0.2) is 0 Å². The summed E-state index contributed by atoms with van der Waals surface area (Å²) in [5, 5.41) is 5.50. The number of halogens is 3. The van der Waals surface area contributed by atoms with Gasteiger partial charge in [0.25, 0.3) is 5.91 Å². The minimum Gasteiger partial charge on any atom is -0.376 e. The predicted molar refractivity (Wildman–Crippen MR) is 111 cm³/mol. The van der Waals surface area contributed by atoms with E-state index in [2.05, 4.69) is 10.6 Å². The van der Waals surface area contributed by atoms with Crippen molar-refractivity contribution in [3.8, 4) is 0 Å². The molecular formula is C22H25F3N4O4. The molecule has 0 radical (unpaired) electrons. The summed E-state index contributed by atoms with van der Waals surface area (Å²) in [6, 6.07) is 3.06. The van der Waals surface area contributed by atoms with E-state index >= 15 is 0 Å². The third-order valence-corrected chi connectivity index (χ3v) is 6.17. The largest absolute Gasteiger partial charge is 0.416 e. The molecule has 0 saturated carbocycles. The Morgan fingerprint density at radius 3 is 2.61 bits per heavy atom. The summed E-state index contributed by atoms with van der Waals surface area (Å²) in [7, 11) is 1.53. The quantitative estimate of drug-likeness (QED) is 0.673. The molecule has 3 aliphatic rings. The highest BCUT2D eigenvalue weighted by atomic mass is 19.4. The van der Waals surface area contributed by atoms with Crippen LogP contribution in [0.25, 0.3) is 0 Å². The zero-order valence-electron chi connectivity index (χ0n) is 18.1. The summed E-state index contributed by atoms with van der Waals surface area (Å²) >= 11 is 0. The zero-order chi connectivity index (χ0) is 23.8. The highest BCUT2D eigenvalue weighted by Crippen LogP contribution is 2.37. The van der Waals surface area contributed by atoms with Gasteiger partial charge in [-0.25, -0.2) is 4.79 Å².